The molecule has 0 saturated carbocycles. The fourth-order valence-electron chi connectivity index (χ4n) is 2.60. The van der Waals surface area contributed by atoms with Crippen molar-refractivity contribution >= 4 is 7.12 Å². The summed E-state index contributed by atoms with van der Waals surface area (Å²) in [4.78, 5) is 0. The zero-order valence-electron chi connectivity index (χ0n) is 10.4. The van der Waals surface area contributed by atoms with Gasteiger partial charge in [-0.1, -0.05) is 0 Å². The highest BCUT2D eigenvalue weighted by molar-refractivity contribution is 6.57. The molecule has 0 aromatic carbocycles. The molecular weight excluding hydrogens is 249 g/mol. The largest absolute Gasteiger partial charge is 0.497 e. The quantitative estimate of drug-likeness (QED) is 0.560. The van der Waals surface area contributed by atoms with Gasteiger partial charge in [0.2, 0.25) is 0 Å². The minimum absolute atomic E-state index is 0.224. The summed E-state index contributed by atoms with van der Waals surface area (Å²) in [5, 5.41) is 19.0. The molecule has 0 bridgehead atoms. The maximum absolute atomic E-state index is 9.85. The van der Waals surface area contributed by atoms with Crippen LogP contribution in [0.25, 0.3) is 0 Å². The van der Waals surface area contributed by atoms with E-state index in [-0.39, 0.29) is 12.7 Å². The first-order chi connectivity index (χ1) is 9.24. The van der Waals surface area contributed by atoms with Crippen LogP contribution < -0.4 is 5.73 Å². The van der Waals surface area contributed by atoms with Crippen molar-refractivity contribution in [3.8, 4) is 0 Å². The second kappa shape index (κ2) is 5.11. The van der Waals surface area contributed by atoms with Crippen molar-refractivity contribution < 1.29 is 24.3 Å². The van der Waals surface area contributed by atoms with Gasteiger partial charge in [0.25, 0.3) is 0 Å². The molecule has 3 atom stereocenters. The van der Waals surface area contributed by atoms with E-state index < -0.39 is 19.3 Å². The monoisotopic (exact) mass is 265 g/mol. The molecule has 0 amide bonds. The molecule has 0 spiro atoms. The Bertz CT molecular complexity index is 461. The van der Waals surface area contributed by atoms with Gasteiger partial charge in [0.05, 0.1) is 25.1 Å². The highest BCUT2D eigenvalue weighted by Crippen LogP contribution is 2.37. The molecule has 4 N–H and O–H groups in total. The first-order valence-corrected chi connectivity index (χ1v) is 6.27. The van der Waals surface area contributed by atoms with Crippen LogP contribution in [0.5, 0.6) is 0 Å². The zero-order chi connectivity index (χ0) is 13.4. The van der Waals surface area contributed by atoms with Gasteiger partial charge in [0.15, 0.2) is 0 Å². The van der Waals surface area contributed by atoms with E-state index in [4.69, 9.17) is 24.9 Å². The van der Waals surface area contributed by atoms with Gasteiger partial charge in [0.1, 0.15) is 12.7 Å². The number of nitrogens with two attached hydrogens (primary N) is 1. The lowest BCUT2D eigenvalue weighted by Gasteiger charge is -2.24. The minimum Gasteiger partial charge on any atom is -0.497 e. The van der Waals surface area contributed by atoms with Crippen molar-refractivity contribution in [2.24, 2.45) is 5.73 Å². The number of ether oxygens (including phenoxy) is 1. The molecule has 6 nitrogen and oxygen atoms in total. The van der Waals surface area contributed by atoms with E-state index >= 15 is 0 Å². The fraction of sp³-hybridized carbons (Fsp3) is 0.500. The molecule has 19 heavy (non-hydrogen) atoms. The van der Waals surface area contributed by atoms with Crippen molar-refractivity contribution in [3.05, 3.63) is 35.0 Å². The van der Waals surface area contributed by atoms with E-state index in [2.05, 4.69) is 0 Å². The van der Waals surface area contributed by atoms with Crippen LogP contribution in [-0.4, -0.2) is 55.4 Å². The van der Waals surface area contributed by atoms with Crippen LogP contribution in [0.3, 0.4) is 0 Å². The van der Waals surface area contributed by atoms with Gasteiger partial charge in [-0.05, 0) is 28.8 Å². The van der Waals surface area contributed by atoms with Gasteiger partial charge >= 0.3 is 7.12 Å². The molecule has 0 aliphatic carbocycles. The Morgan fingerprint density at radius 2 is 2.32 bits per heavy atom. The molecule has 3 aliphatic heterocycles. The maximum atomic E-state index is 9.85. The topological polar surface area (TPSA) is 94.2 Å². The zero-order valence-corrected chi connectivity index (χ0v) is 10.4. The second-order valence-electron chi connectivity index (χ2n) is 4.72. The summed E-state index contributed by atoms with van der Waals surface area (Å²) in [6, 6.07) is 0. The van der Waals surface area contributed by atoms with Crippen molar-refractivity contribution in [3.63, 3.8) is 0 Å². The Hall–Kier alpha value is -1.12. The first kappa shape index (κ1) is 12.9. The Morgan fingerprint density at radius 1 is 1.47 bits per heavy atom. The number of rotatable bonds is 3. The van der Waals surface area contributed by atoms with Gasteiger partial charge in [-0.15, -0.1) is 0 Å². The third-order valence-corrected chi connectivity index (χ3v) is 3.52. The van der Waals surface area contributed by atoms with E-state index in [0.717, 1.165) is 16.6 Å². The highest BCUT2D eigenvalue weighted by Gasteiger charge is 2.47. The summed E-state index contributed by atoms with van der Waals surface area (Å²) in [7, 11) is -0.555. The third kappa shape index (κ3) is 2.13. The Labute approximate surface area is 111 Å². The van der Waals surface area contributed by atoms with Crippen LogP contribution in [-0.2, 0) is 14.0 Å². The molecule has 3 rings (SSSR count). The smallest absolute Gasteiger partial charge is 0.495 e. The number of allylic oxidation sites excluding steroid dienone is 3. The summed E-state index contributed by atoms with van der Waals surface area (Å²) in [6.45, 7) is 0.299. The number of aliphatic hydroxyl groups excluding tert-OH is 2. The molecule has 0 fully saturated rings. The number of hydrogen-bond acceptors (Lipinski definition) is 6. The van der Waals surface area contributed by atoms with E-state index in [9.17, 15) is 5.11 Å². The Morgan fingerprint density at radius 3 is 3.05 bits per heavy atom. The Balaban J connectivity index is 1.99. The molecule has 3 heterocycles. The van der Waals surface area contributed by atoms with Crippen molar-refractivity contribution in [1.29, 1.82) is 0 Å². The van der Waals surface area contributed by atoms with E-state index in [1.54, 1.807) is 6.26 Å². The van der Waals surface area contributed by atoms with Crippen LogP contribution in [0, 0.1) is 0 Å². The number of hydrogen-bond donors (Lipinski definition) is 3. The Kier molecular flexibility index (Phi) is 3.47. The summed E-state index contributed by atoms with van der Waals surface area (Å²) >= 11 is 0. The molecule has 102 valence electrons. The van der Waals surface area contributed by atoms with Gasteiger partial charge in [-0.3, -0.25) is 0 Å². The maximum Gasteiger partial charge on any atom is 0.495 e. The molecule has 3 aliphatic rings. The van der Waals surface area contributed by atoms with E-state index in [1.807, 2.05) is 12.2 Å². The van der Waals surface area contributed by atoms with Gasteiger partial charge < -0.3 is 30.0 Å². The van der Waals surface area contributed by atoms with Gasteiger partial charge in [-0.25, -0.2) is 0 Å². The predicted octanol–water partition coefficient (Wildman–Crippen LogP) is -1.11. The van der Waals surface area contributed by atoms with Crippen LogP contribution in [0.1, 0.15) is 0 Å². The van der Waals surface area contributed by atoms with Crippen LogP contribution >= 0.6 is 0 Å². The fourth-order valence-corrected chi connectivity index (χ4v) is 2.60. The molecule has 7 heteroatoms. The standard InChI is InChI=1S/C12H16BNO5/c14-4-8-3-7-1-2-17-6-9-11(7)13(18-8)19-12(9)10(16)5-15/h1-3,8,10,12,15-16H,4-6,14H2/t8?,10-,12-/m0/s1. The molecule has 0 radical (unpaired) electrons. The second-order valence-corrected chi connectivity index (χ2v) is 4.72. The summed E-state index contributed by atoms with van der Waals surface area (Å²) in [5.74, 6) is 0. The lowest BCUT2D eigenvalue weighted by Crippen LogP contribution is -2.39. The van der Waals surface area contributed by atoms with E-state index in [0.29, 0.717) is 13.2 Å². The van der Waals surface area contributed by atoms with Crippen LogP contribution in [0.15, 0.2) is 35.0 Å². The predicted molar refractivity (Wildman–Crippen MR) is 67.8 cm³/mol. The highest BCUT2D eigenvalue weighted by atomic mass is 16.6. The lowest BCUT2D eigenvalue weighted by molar-refractivity contribution is 0.00450. The van der Waals surface area contributed by atoms with Gasteiger partial charge in [-0.2, -0.15) is 0 Å². The first-order valence-electron chi connectivity index (χ1n) is 6.27. The van der Waals surface area contributed by atoms with E-state index in [1.165, 1.54) is 0 Å². The number of aliphatic hydroxyl groups is 2. The molecule has 0 aromatic heterocycles. The molecule has 1 unspecified atom stereocenters. The summed E-state index contributed by atoms with van der Waals surface area (Å²) < 4.78 is 16.8. The van der Waals surface area contributed by atoms with Gasteiger partial charge in [0, 0.05) is 6.54 Å². The summed E-state index contributed by atoms with van der Waals surface area (Å²) in [6.07, 6.45) is 3.56. The normalized spacial score (nSPS) is 30.7. The lowest BCUT2D eigenvalue weighted by atomic mass is 9.70. The molecule has 0 aromatic rings. The average Bonchev–Trinajstić information content (AvgIpc) is 2.66. The summed E-state index contributed by atoms with van der Waals surface area (Å²) in [5.41, 5.74) is 8.28. The van der Waals surface area contributed by atoms with Crippen LogP contribution in [0.4, 0.5) is 0 Å². The minimum atomic E-state index is -0.990. The van der Waals surface area contributed by atoms with Crippen molar-refractivity contribution in [2.45, 2.75) is 18.3 Å². The molecular formula is C12H16BNO5. The van der Waals surface area contributed by atoms with Crippen LogP contribution in [0.2, 0.25) is 0 Å². The average molecular weight is 265 g/mol. The van der Waals surface area contributed by atoms with Crippen molar-refractivity contribution in [1.82, 2.24) is 0 Å². The third-order valence-electron chi connectivity index (χ3n) is 3.52. The molecule has 0 saturated heterocycles. The van der Waals surface area contributed by atoms with Crippen molar-refractivity contribution in [2.75, 3.05) is 19.8 Å². The SMILES string of the molecule is NCC1C=C2C=COCC3=C2B(O1)O[C@@H]3[C@@H](O)CO.